The van der Waals surface area contributed by atoms with E-state index < -0.39 is 0 Å². The van der Waals surface area contributed by atoms with Crippen molar-refractivity contribution in [2.75, 3.05) is 0 Å². The minimum atomic E-state index is -0.309. The summed E-state index contributed by atoms with van der Waals surface area (Å²) in [6, 6.07) is 0. The van der Waals surface area contributed by atoms with Gasteiger partial charge in [0.2, 0.25) is 5.24 Å². The second kappa shape index (κ2) is 6.56. The Morgan fingerprint density at radius 1 is 1.40 bits per heavy atom. The third-order valence-corrected chi connectivity index (χ3v) is 1.11. The van der Waals surface area contributed by atoms with Gasteiger partial charge in [0.15, 0.2) is 0 Å². The Morgan fingerprint density at radius 3 is 2.60 bits per heavy atom. The van der Waals surface area contributed by atoms with Crippen LogP contribution in [0, 0.1) is 0 Å². The fourth-order valence-corrected chi connectivity index (χ4v) is 0.576. The van der Waals surface area contributed by atoms with Crippen molar-refractivity contribution in [3.63, 3.8) is 0 Å². The van der Waals surface area contributed by atoms with Gasteiger partial charge < -0.3 is 0 Å². The Kier molecular flexibility index (Phi) is 6.19. The number of hydrogen-bond donors (Lipinski definition) is 0. The summed E-state index contributed by atoms with van der Waals surface area (Å²) < 4.78 is 0. The van der Waals surface area contributed by atoms with Gasteiger partial charge in [-0.2, -0.15) is 0 Å². The van der Waals surface area contributed by atoms with E-state index in [9.17, 15) is 4.79 Å². The third kappa shape index (κ3) is 7.44. The molecule has 0 amide bonds. The molecule has 0 aliphatic heterocycles. The van der Waals surface area contributed by atoms with Gasteiger partial charge in [-0.1, -0.05) is 24.3 Å². The lowest BCUT2D eigenvalue weighted by Crippen LogP contribution is -1.78. The van der Waals surface area contributed by atoms with Crippen LogP contribution >= 0.6 is 11.6 Å². The van der Waals surface area contributed by atoms with Gasteiger partial charge in [-0.05, 0) is 24.9 Å². The normalized spacial score (nSPS) is 11.4. The van der Waals surface area contributed by atoms with Crippen LogP contribution in [0.15, 0.2) is 24.3 Å². The molecule has 0 radical (unpaired) electrons. The number of carbonyl (C=O) groups is 1. The van der Waals surface area contributed by atoms with E-state index in [0.29, 0.717) is 6.42 Å². The SMILES string of the molecule is C/C=C/C/C=C/CC(=O)Cl. The smallest absolute Gasteiger partial charge is 0.225 e. The van der Waals surface area contributed by atoms with Crippen molar-refractivity contribution in [1.82, 2.24) is 0 Å². The first-order chi connectivity index (χ1) is 4.77. The second-order valence-electron chi connectivity index (χ2n) is 1.84. The molecule has 0 saturated heterocycles. The van der Waals surface area contributed by atoms with E-state index in [1.165, 1.54) is 0 Å². The van der Waals surface area contributed by atoms with Crippen LogP contribution in [0.5, 0.6) is 0 Å². The molecule has 10 heavy (non-hydrogen) atoms. The van der Waals surface area contributed by atoms with E-state index in [0.717, 1.165) is 6.42 Å². The maximum Gasteiger partial charge on any atom is 0.225 e. The number of carbonyl (C=O) groups excluding carboxylic acids is 1. The molecule has 0 aliphatic rings. The maximum atomic E-state index is 10.2. The number of allylic oxidation sites excluding steroid dienone is 4. The zero-order valence-electron chi connectivity index (χ0n) is 6.01. The molecule has 0 aromatic heterocycles. The van der Waals surface area contributed by atoms with Crippen molar-refractivity contribution >= 4 is 16.8 Å². The van der Waals surface area contributed by atoms with Gasteiger partial charge in [0, 0.05) is 6.42 Å². The van der Waals surface area contributed by atoms with Gasteiger partial charge in [0.1, 0.15) is 0 Å². The van der Waals surface area contributed by atoms with Crippen LogP contribution in [-0.4, -0.2) is 5.24 Å². The molecular formula is C8H11ClO. The Hall–Kier alpha value is -0.560. The highest BCUT2D eigenvalue weighted by Gasteiger charge is 1.86. The van der Waals surface area contributed by atoms with Gasteiger partial charge in [0.05, 0.1) is 0 Å². The number of rotatable bonds is 4. The lowest BCUT2D eigenvalue weighted by molar-refractivity contribution is -0.110. The van der Waals surface area contributed by atoms with Crippen LogP contribution in [0.3, 0.4) is 0 Å². The van der Waals surface area contributed by atoms with Gasteiger partial charge in [-0.25, -0.2) is 0 Å². The first-order valence-corrected chi connectivity index (χ1v) is 3.59. The predicted octanol–water partition coefficient (Wildman–Crippen LogP) is 2.66. The number of hydrogen-bond acceptors (Lipinski definition) is 1. The summed E-state index contributed by atoms with van der Waals surface area (Å²) in [5.41, 5.74) is 0. The maximum absolute atomic E-state index is 10.2. The molecule has 0 spiro atoms. The molecule has 0 bridgehead atoms. The Balaban J connectivity index is 3.29. The van der Waals surface area contributed by atoms with Crippen molar-refractivity contribution in [2.24, 2.45) is 0 Å². The summed E-state index contributed by atoms with van der Waals surface area (Å²) in [6.45, 7) is 1.96. The molecule has 1 nitrogen and oxygen atoms in total. The van der Waals surface area contributed by atoms with Crippen molar-refractivity contribution in [3.05, 3.63) is 24.3 Å². The topological polar surface area (TPSA) is 17.1 Å². The van der Waals surface area contributed by atoms with Gasteiger partial charge >= 0.3 is 0 Å². The number of halogens is 1. The Bertz CT molecular complexity index is 147. The molecule has 0 N–H and O–H groups in total. The molecule has 0 aromatic carbocycles. The van der Waals surface area contributed by atoms with Crippen molar-refractivity contribution < 1.29 is 4.79 Å². The zero-order chi connectivity index (χ0) is 7.82. The average Bonchev–Trinajstić information content (AvgIpc) is 1.87. The summed E-state index contributed by atoms with van der Waals surface area (Å²) in [7, 11) is 0. The molecular weight excluding hydrogens is 148 g/mol. The summed E-state index contributed by atoms with van der Waals surface area (Å²) in [5.74, 6) is 0. The van der Waals surface area contributed by atoms with Crippen molar-refractivity contribution in [2.45, 2.75) is 19.8 Å². The fourth-order valence-electron chi connectivity index (χ4n) is 0.487. The molecule has 0 rings (SSSR count). The van der Waals surface area contributed by atoms with Gasteiger partial charge in [0.25, 0.3) is 0 Å². The van der Waals surface area contributed by atoms with Crippen LogP contribution in [0.25, 0.3) is 0 Å². The lowest BCUT2D eigenvalue weighted by atomic mass is 10.3. The van der Waals surface area contributed by atoms with E-state index in [4.69, 9.17) is 11.6 Å². The van der Waals surface area contributed by atoms with E-state index in [-0.39, 0.29) is 5.24 Å². The van der Waals surface area contributed by atoms with E-state index in [1.807, 2.05) is 25.2 Å². The van der Waals surface area contributed by atoms with Gasteiger partial charge in [-0.15, -0.1) is 0 Å². The Morgan fingerprint density at radius 2 is 2.10 bits per heavy atom. The van der Waals surface area contributed by atoms with Crippen LogP contribution in [0.2, 0.25) is 0 Å². The van der Waals surface area contributed by atoms with Gasteiger partial charge in [-0.3, -0.25) is 4.79 Å². The minimum absolute atomic E-state index is 0.309. The van der Waals surface area contributed by atoms with Crippen molar-refractivity contribution in [3.8, 4) is 0 Å². The van der Waals surface area contributed by atoms with E-state index in [2.05, 4.69) is 0 Å². The Labute approximate surface area is 66.4 Å². The van der Waals surface area contributed by atoms with Crippen LogP contribution in [0.4, 0.5) is 0 Å². The summed E-state index contributed by atoms with van der Waals surface area (Å²) in [6.07, 6.45) is 8.87. The van der Waals surface area contributed by atoms with Crippen molar-refractivity contribution in [1.29, 1.82) is 0 Å². The minimum Gasteiger partial charge on any atom is -0.281 e. The molecule has 0 unspecified atom stereocenters. The molecule has 0 heterocycles. The molecule has 0 fully saturated rings. The van der Waals surface area contributed by atoms with E-state index >= 15 is 0 Å². The standard InChI is InChI=1S/C8H11ClO/c1-2-3-4-5-6-7-8(9)10/h2-3,5-6H,4,7H2,1H3/b3-2+,6-5+. The highest BCUT2D eigenvalue weighted by Crippen LogP contribution is 1.92. The second-order valence-corrected chi connectivity index (χ2v) is 2.26. The first-order valence-electron chi connectivity index (χ1n) is 3.22. The third-order valence-electron chi connectivity index (χ3n) is 0.953. The zero-order valence-corrected chi connectivity index (χ0v) is 6.77. The summed E-state index contributed by atoms with van der Waals surface area (Å²) in [5, 5.41) is -0.309. The highest BCUT2D eigenvalue weighted by atomic mass is 35.5. The molecule has 2 heteroatoms. The highest BCUT2D eigenvalue weighted by molar-refractivity contribution is 6.63. The largest absolute Gasteiger partial charge is 0.281 e. The molecule has 0 aliphatic carbocycles. The fraction of sp³-hybridized carbons (Fsp3) is 0.375. The molecule has 56 valence electrons. The first kappa shape index (κ1) is 9.44. The summed E-state index contributed by atoms with van der Waals surface area (Å²) in [4.78, 5) is 10.2. The van der Waals surface area contributed by atoms with Crippen LogP contribution in [0.1, 0.15) is 19.8 Å². The predicted molar refractivity (Wildman–Crippen MR) is 44.0 cm³/mol. The molecule has 0 aromatic rings. The molecule has 0 atom stereocenters. The van der Waals surface area contributed by atoms with E-state index in [1.54, 1.807) is 6.08 Å². The quantitative estimate of drug-likeness (QED) is 0.454. The average molecular weight is 159 g/mol. The molecule has 0 saturated carbocycles. The summed E-state index contributed by atoms with van der Waals surface area (Å²) >= 11 is 5.08. The monoisotopic (exact) mass is 158 g/mol. The van der Waals surface area contributed by atoms with Crippen LogP contribution in [-0.2, 0) is 4.79 Å². The lowest BCUT2D eigenvalue weighted by Gasteiger charge is -1.80. The van der Waals surface area contributed by atoms with Crippen LogP contribution < -0.4 is 0 Å².